The largest absolute Gasteiger partial charge is 0.478 e. The molecule has 1 rings (SSSR count). The Balaban J connectivity index is 3.39. The van der Waals surface area contributed by atoms with Crippen molar-refractivity contribution in [3.05, 3.63) is 29.3 Å². The predicted octanol–water partition coefficient (Wildman–Crippen LogP) is 1.13. The number of carboxylic acid groups (broad SMARTS) is 1. The van der Waals surface area contributed by atoms with E-state index in [1.807, 2.05) is 0 Å². The summed E-state index contributed by atoms with van der Waals surface area (Å²) in [5.41, 5.74) is -0.273. The molecule has 0 atom stereocenters. The number of anilines is 1. The van der Waals surface area contributed by atoms with Crippen LogP contribution in [0.15, 0.2) is 18.2 Å². The van der Waals surface area contributed by atoms with Gasteiger partial charge in [0.25, 0.3) is 0 Å². The van der Waals surface area contributed by atoms with E-state index in [9.17, 15) is 14.4 Å². The summed E-state index contributed by atoms with van der Waals surface area (Å²) in [4.78, 5) is 33.4. The van der Waals surface area contributed by atoms with E-state index in [-0.39, 0.29) is 16.8 Å². The number of rotatable bonds is 3. The molecule has 0 heterocycles. The van der Waals surface area contributed by atoms with Gasteiger partial charge in [-0.25, -0.2) is 9.59 Å². The monoisotopic (exact) mass is 237 g/mol. The maximum atomic E-state index is 11.5. The molecule has 0 aliphatic heterocycles. The highest BCUT2D eigenvalue weighted by molar-refractivity contribution is 6.08. The van der Waals surface area contributed by atoms with Gasteiger partial charge in [-0.3, -0.25) is 4.79 Å². The fourth-order valence-corrected chi connectivity index (χ4v) is 1.35. The van der Waals surface area contributed by atoms with E-state index < -0.39 is 17.8 Å². The second-order valence-corrected chi connectivity index (χ2v) is 3.21. The number of nitrogens with one attached hydrogen (secondary N) is 1. The zero-order valence-electron chi connectivity index (χ0n) is 9.31. The first-order chi connectivity index (χ1) is 7.97. The number of amides is 1. The molecular weight excluding hydrogens is 226 g/mol. The van der Waals surface area contributed by atoms with Crippen LogP contribution in [0.2, 0.25) is 0 Å². The van der Waals surface area contributed by atoms with Gasteiger partial charge >= 0.3 is 11.9 Å². The Labute approximate surface area is 97.2 Å². The van der Waals surface area contributed by atoms with Crippen LogP contribution in [0.3, 0.4) is 0 Å². The quantitative estimate of drug-likeness (QED) is 0.768. The second-order valence-electron chi connectivity index (χ2n) is 3.21. The number of hydrogen-bond donors (Lipinski definition) is 2. The van der Waals surface area contributed by atoms with Gasteiger partial charge in [0.2, 0.25) is 5.91 Å². The number of ether oxygens (including phenoxy) is 1. The molecule has 0 aliphatic rings. The lowest BCUT2D eigenvalue weighted by atomic mass is 10.1. The van der Waals surface area contributed by atoms with Gasteiger partial charge in [-0.1, -0.05) is 6.07 Å². The highest BCUT2D eigenvalue weighted by Crippen LogP contribution is 2.21. The molecular formula is C11H11NO5. The van der Waals surface area contributed by atoms with Crippen LogP contribution in [0, 0.1) is 0 Å². The Morgan fingerprint density at radius 3 is 2.41 bits per heavy atom. The van der Waals surface area contributed by atoms with Gasteiger partial charge in [-0.15, -0.1) is 0 Å². The van der Waals surface area contributed by atoms with Crippen molar-refractivity contribution in [2.45, 2.75) is 6.92 Å². The van der Waals surface area contributed by atoms with E-state index in [1.165, 1.54) is 25.1 Å². The third-order valence-corrected chi connectivity index (χ3v) is 2.00. The average molecular weight is 237 g/mol. The van der Waals surface area contributed by atoms with Gasteiger partial charge in [0.15, 0.2) is 0 Å². The summed E-state index contributed by atoms with van der Waals surface area (Å²) in [6.45, 7) is 1.26. The summed E-state index contributed by atoms with van der Waals surface area (Å²) in [6.07, 6.45) is 0. The van der Waals surface area contributed by atoms with Crippen molar-refractivity contribution in [2.75, 3.05) is 12.4 Å². The van der Waals surface area contributed by atoms with Crippen LogP contribution in [-0.4, -0.2) is 30.1 Å². The minimum absolute atomic E-state index is 0.115. The number of carbonyl (C=O) groups excluding carboxylic acids is 2. The first-order valence-corrected chi connectivity index (χ1v) is 4.69. The van der Waals surface area contributed by atoms with Crippen molar-refractivity contribution < 1.29 is 24.2 Å². The fraction of sp³-hybridized carbons (Fsp3) is 0.182. The molecule has 0 fully saturated rings. The third-order valence-electron chi connectivity index (χ3n) is 2.00. The standard InChI is InChI=1S/C11H11NO5/c1-6(13)12-8-5-3-4-7(10(14)15)9(8)11(16)17-2/h3-5H,1-2H3,(H,12,13)(H,14,15). The van der Waals surface area contributed by atoms with Crippen LogP contribution in [-0.2, 0) is 9.53 Å². The fourth-order valence-electron chi connectivity index (χ4n) is 1.35. The SMILES string of the molecule is COC(=O)c1c(NC(C)=O)cccc1C(=O)O. The Hall–Kier alpha value is -2.37. The van der Waals surface area contributed by atoms with Gasteiger partial charge < -0.3 is 15.2 Å². The summed E-state index contributed by atoms with van der Waals surface area (Å²) in [7, 11) is 1.14. The van der Waals surface area contributed by atoms with Crippen LogP contribution in [0.4, 0.5) is 5.69 Å². The molecule has 0 unspecified atom stereocenters. The number of hydrogen-bond acceptors (Lipinski definition) is 4. The molecule has 2 N–H and O–H groups in total. The zero-order chi connectivity index (χ0) is 13.0. The number of carbonyl (C=O) groups is 3. The molecule has 1 aromatic rings. The topological polar surface area (TPSA) is 92.7 Å². The van der Waals surface area contributed by atoms with Gasteiger partial charge in [0, 0.05) is 6.92 Å². The van der Waals surface area contributed by atoms with Crippen molar-refractivity contribution in [3.8, 4) is 0 Å². The zero-order valence-corrected chi connectivity index (χ0v) is 9.31. The van der Waals surface area contributed by atoms with E-state index >= 15 is 0 Å². The summed E-state index contributed by atoms with van der Waals surface area (Å²) in [6, 6.07) is 4.13. The maximum absolute atomic E-state index is 11.5. The molecule has 0 spiro atoms. The first kappa shape index (κ1) is 12.7. The molecule has 6 nitrogen and oxygen atoms in total. The highest BCUT2D eigenvalue weighted by atomic mass is 16.5. The lowest BCUT2D eigenvalue weighted by molar-refractivity contribution is -0.114. The van der Waals surface area contributed by atoms with Gasteiger partial charge in [-0.05, 0) is 12.1 Å². The normalized spacial score (nSPS) is 9.53. The number of benzene rings is 1. The second kappa shape index (κ2) is 5.11. The highest BCUT2D eigenvalue weighted by Gasteiger charge is 2.21. The van der Waals surface area contributed by atoms with E-state index in [4.69, 9.17) is 5.11 Å². The Morgan fingerprint density at radius 1 is 1.29 bits per heavy atom. The van der Waals surface area contributed by atoms with Crippen LogP contribution >= 0.6 is 0 Å². The molecule has 0 saturated heterocycles. The predicted molar refractivity (Wildman–Crippen MR) is 59.0 cm³/mol. The minimum Gasteiger partial charge on any atom is -0.478 e. The molecule has 17 heavy (non-hydrogen) atoms. The van der Waals surface area contributed by atoms with Gasteiger partial charge in [0.05, 0.1) is 23.9 Å². The van der Waals surface area contributed by atoms with Crippen molar-refractivity contribution in [1.82, 2.24) is 0 Å². The smallest absolute Gasteiger partial charge is 0.340 e. The van der Waals surface area contributed by atoms with Crippen LogP contribution in [0.5, 0.6) is 0 Å². The summed E-state index contributed by atoms with van der Waals surface area (Å²) >= 11 is 0. The van der Waals surface area contributed by atoms with E-state index in [1.54, 1.807) is 0 Å². The Bertz CT molecular complexity index is 481. The Morgan fingerprint density at radius 2 is 1.94 bits per heavy atom. The molecule has 0 aliphatic carbocycles. The molecule has 0 bridgehead atoms. The molecule has 6 heteroatoms. The molecule has 0 saturated carbocycles. The van der Waals surface area contributed by atoms with Crippen molar-refractivity contribution in [2.24, 2.45) is 0 Å². The molecule has 0 radical (unpaired) electrons. The van der Waals surface area contributed by atoms with Crippen molar-refractivity contribution in [1.29, 1.82) is 0 Å². The lowest BCUT2D eigenvalue weighted by Crippen LogP contribution is -2.16. The summed E-state index contributed by atoms with van der Waals surface area (Å²) in [5, 5.41) is 11.3. The minimum atomic E-state index is -1.27. The summed E-state index contributed by atoms with van der Waals surface area (Å²) < 4.78 is 4.50. The number of aromatic carboxylic acids is 1. The first-order valence-electron chi connectivity index (χ1n) is 4.69. The van der Waals surface area contributed by atoms with Crippen LogP contribution in [0.1, 0.15) is 27.6 Å². The number of esters is 1. The van der Waals surface area contributed by atoms with E-state index in [2.05, 4.69) is 10.1 Å². The van der Waals surface area contributed by atoms with Gasteiger partial charge in [0.1, 0.15) is 0 Å². The van der Waals surface area contributed by atoms with Crippen molar-refractivity contribution >= 4 is 23.5 Å². The number of carboxylic acids is 1. The molecule has 1 aromatic carbocycles. The summed E-state index contributed by atoms with van der Waals surface area (Å²) in [5.74, 6) is -2.48. The Kier molecular flexibility index (Phi) is 3.82. The molecule has 0 aromatic heterocycles. The van der Waals surface area contributed by atoms with Gasteiger partial charge in [-0.2, -0.15) is 0 Å². The van der Waals surface area contributed by atoms with Crippen LogP contribution in [0.25, 0.3) is 0 Å². The van der Waals surface area contributed by atoms with Crippen LogP contribution < -0.4 is 5.32 Å². The number of methoxy groups -OCH3 is 1. The maximum Gasteiger partial charge on any atom is 0.340 e. The molecule has 90 valence electrons. The molecule has 1 amide bonds. The van der Waals surface area contributed by atoms with Crippen molar-refractivity contribution in [3.63, 3.8) is 0 Å². The third kappa shape index (κ3) is 2.81. The average Bonchev–Trinajstić information content (AvgIpc) is 2.26. The lowest BCUT2D eigenvalue weighted by Gasteiger charge is -2.10. The van der Waals surface area contributed by atoms with E-state index in [0.29, 0.717) is 0 Å². The van der Waals surface area contributed by atoms with E-state index in [0.717, 1.165) is 7.11 Å².